The fourth-order valence-electron chi connectivity index (χ4n) is 2.33. The van der Waals surface area contributed by atoms with Crippen LogP contribution in [0.15, 0.2) is 24.3 Å². The van der Waals surface area contributed by atoms with E-state index in [1.54, 1.807) is 31.3 Å². The molecule has 0 saturated carbocycles. The van der Waals surface area contributed by atoms with Crippen molar-refractivity contribution in [1.29, 1.82) is 0 Å². The first-order valence-electron chi connectivity index (χ1n) is 6.88. The highest BCUT2D eigenvalue weighted by molar-refractivity contribution is 7.88. The number of hydrogen-bond donors (Lipinski definition) is 0. The van der Waals surface area contributed by atoms with Crippen LogP contribution >= 0.6 is 11.6 Å². The van der Waals surface area contributed by atoms with E-state index in [2.05, 4.69) is 4.90 Å². The summed E-state index contributed by atoms with van der Waals surface area (Å²) in [6.45, 7) is 3.54. The maximum Gasteiger partial charge on any atom is 0.218 e. The summed E-state index contributed by atoms with van der Waals surface area (Å²) in [5.74, 6) is 0.0284. The number of likely N-dealkylation sites (tertiary alicyclic amines) is 1. The monoisotopic (exact) mass is 316 g/mol. The Hall–Kier alpha value is -0.620. The molecule has 0 N–H and O–H groups in total. The first-order chi connectivity index (χ1) is 9.47. The summed E-state index contributed by atoms with van der Waals surface area (Å²) in [6, 6.07) is 6.95. The standard InChI is InChI=1S/C14H21ClN2O2S/c1-16(10-11-17-8-2-3-9-17)20(18,19)12-13-4-6-14(15)7-5-13/h4-7H,2-3,8-12H2,1H3. The van der Waals surface area contributed by atoms with Gasteiger partial charge in [0, 0.05) is 25.2 Å². The quantitative estimate of drug-likeness (QED) is 0.808. The lowest BCUT2D eigenvalue weighted by atomic mass is 10.2. The summed E-state index contributed by atoms with van der Waals surface area (Å²) in [5, 5.41) is 0.619. The Kier molecular flexibility index (Phi) is 5.43. The van der Waals surface area contributed by atoms with Crippen LogP contribution in [0, 0.1) is 0 Å². The van der Waals surface area contributed by atoms with E-state index in [1.165, 1.54) is 17.1 Å². The molecule has 20 heavy (non-hydrogen) atoms. The minimum atomic E-state index is -3.25. The highest BCUT2D eigenvalue weighted by atomic mass is 35.5. The SMILES string of the molecule is CN(CCN1CCCC1)S(=O)(=O)Cc1ccc(Cl)cc1. The van der Waals surface area contributed by atoms with E-state index in [0.717, 1.165) is 25.2 Å². The van der Waals surface area contributed by atoms with E-state index >= 15 is 0 Å². The van der Waals surface area contributed by atoms with Crippen molar-refractivity contribution in [2.75, 3.05) is 33.2 Å². The Bertz CT molecular complexity index is 525. The number of sulfonamides is 1. The van der Waals surface area contributed by atoms with Crippen LogP contribution < -0.4 is 0 Å². The van der Waals surface area contributed by atoms with Crippen molar-refractivity contribution in [1.82, 2.24) is 9.21 Å². The van der Waals surface area contributed by atoms with Gasteiger partial charge in [-0.2, -0.15) is 0 Å². The van der Waals surface area contributed by atoms with E-state index in [-0.39, 0.29) is 5.75 Å². The van der Waals surface area contributed by atoms with Crippen LogP contribution in [0.2, 0.25) is 5.02 Å². The molecule has 1 aromatic rings. The molecule has 1 aromatic carbocycles. The van der Waals surface area contributed by atoms with Crippen LogP contribution in [0.1, 0.15) is 18.4 Å². The third-order valence-electron chi connectivity index (χ3n) is 3.67. The molecule has 6 heteroatoms. The predicted molar refractivity (Wildman–Crippen MR) is 82.4 cm³/mol. The van der Waals surface area contributed by atoms with Crippen LogP contribution in [-0.4, -0.2) is 50.8 Å². The zero-order valence-electron chi connectivity index (χ0n) is 11.8. The van der Waals surface area contributed by atoms with Crippen molar-refractivity contribution in [3.63, 3.8) is 0 Å². The maximum absolute atomic E-state index is 12.3. The Morgan fingerprint density at radius 1 is 1.20 bits per heavy atom. The minimum absolute atomic E-state index is 0.0284. The van der Waals surface area contributed by atoms with Gasteiger partial charge in [0.1, 0.15) is 0 Å². The van der Waals surface area contributed by atoms with Gasteiger partial charge in [0.2, 0.25) is 10.0 Å². The van der Waals surface area contributed by atoms with E-state index < -0.39 is 10.0 Å². The molecule has 0 aliphatic carbocycles. The Morgan fingerprint density at radius 3 is 2.40 bits per heavy atom. The molecule has 1 fully saturated rings. The van der Waals surface area contributed by atoms with Crippen molar-refractivity contribution < 1.29 is 8.42 Å². The second-order valence-corrected chi connectivity index (χ2v) is 7.77. The third-order valence-corrected chi connectivity index (χ3v) is 5.75. The van der Waals surface area contributed by atoms with E-state index in [4.69, 9.17) is 11.6 Å². The van der Waals surface area contributed by atoms with Gasteiger partial charge >= 0.3 is 0 Å². The number of rotatable bonds is 6. The molecular formula is C14H21ClN2O2S. The number of benzene rings is 1. The number of likely N-dealkylation sites (N-methyl/N-ethyl adjacent to an activating group) is 1. The molecule has 0 bridgehead atoms. The molecule has 1 heterocycles. The first-order valence-corrected chi connectivity index (χ1v) is 8.87. The topological polar surface area (TPSA) is 40.6 Å². The fraction of sp³-hybridized carbons (Fsp3) is 0.571. The van der Waals surface area contributed by atoms with Crippen LogP contribution in [0.4, 0.5) is 0 Å². The second-order valence-electron chi connectivity index (χ2n) is 5.25. The Morgan fingerprint density at radius 2 is 1.80 bits per heavy atom. The van der Waals surface area contributed by atoms with Gasteiger partial charge in [0.25, 0.3) is 0 Å². The molecule has 1 aliphatic rings. The van der Waals surface area contributed by atoms with Crippen molar-refractivity contribution in [3.8, 4) is 0 Å². The molecule has 1 aliphatic heterocycles. The highest BCUT2D eigenvalue weighted by Gasteiger charge is 2.20. The predicted octanol–water partition coefficient (Wildman–Crippen LogP) is 2.20. The van der Waals surface area contributed by atoms with Crippen molar-refractivity contribution >= 4 is 21.6 Å². The van der Waals surface area contributed by atoms with Crippen LogP contribution in [0.3, 0.4) is 0 Å². The average molecular weight is 317 g/mol. The van der Waals surface area contributed by atoms with Gasteiger partial charge in [-0.05, 0) is 43.6 Å². The number of hydrogen-bond acceptors (Lipinski definition) is 3. The van der Waals surface area contributed by atoms with E-state index in [9.17, 15) is 8.42 Å². The second kappa shape index (κ2) is 6.89. The maximum atomic E-state index is 12.3. The molecule has 0 amide bonds. The molecule has 0 radical (unpaired) electrons. The first kappa shape index (κ1) is 15.8. The summed E-state index contributed by atoms with van der Waals surface area (Å²) >= 11 is 5.80. The Labute approximate surface area is 126 Å². The molecule has 0 unspecified atom stereocenters. The summed E-state index contributed by atoms with van der Waals surface area (Å²) in [5.41, 5.74) is 0.766. The van der Waals surface area contributed by atoms with Crippen molar-refractivity contribution in [2.45, 2.75) is 18.6 Å². The van der Waals surface area contributed by atoms with Crippen molar-refractivity contribution in [3.05, 3.63) is 34.9 Å². The molecule has 112 valence electrons. The normalized spacial score (nSPS) is 16.9. The molecule has 0 atom stereocenters. The van der Waals surface area contributed by atoms with Crippen LogP contribution in [0.5, 0.6) is 0 Å². The van der Waals surface area contributed by atoms with Crippen molar-refractivity contribution in [2.24, 2.45) is 0 Å². The number of halogens is 1. The molecule has 0 spiro atoms. The van der Waals surface area contributed by atoms with Gasteiger partial charge in [0.15, 0.2) is 0 Å². The van der Waals surface area contributed by atoms with Crippen LogP contribution in [0.25, 0.3) is 0 Å². The molecular weight excluding hydrogens is 296 g/mol. The minimum Gasteiger partial charge on any atom is -0.302 e. The van der Waals surface area contributed by atoms with Gasteiger partial charge in [0.05, 0.1) is 5.75 Å². The molecule has 0 aromatic heterocycles. The van der Waals surface area contributed by atoms with Gasteiger partial charge < -0.3 is 4.90 Å². The van der Waals surface area contributed by atoms with Gasteiger partial charge in [-0.1, -0.05) is 23.7 Å². The summed E-state index contributed by atoms with van der Waals surface area (Å²) in [4.78, 5) is 2.31. The average Bonchev–Trinajstić information content (AvgIpc) is 2.91. The van der Waals surface area contributed by atoms with Gasteiger partial charge in [-0.15, -0.1) is 0 Å². The fourth-order valence-corrected chi connectivity index (χ4v) is 3.65. The van der Waals surface area contributed by atoms with E-state index in [1.807, 2.05) is 0 Å². The zero-order valence-corrected chi connectivity index (χ0v) is 13.3. The van der Waals surface area contributed by atoms with Gasteiger partial charge in [-0.25, -0.2) is 12.7 Å². The highest BCUT2D eigenvalue weighted by Crippen LogP contribution is 2.14. The third kappa shape index (κ3) is 4.45. The summed E-state index contributed by atoms with van der Waals surface area (Å²) < 4.78 is 26.0. The van der Waals surface area contributed by atoms with E-state index in [0.29, 0.717) is 11.6 Å². The summed E-state index contributed by atoms with van der Waals surface area (Å²) in [6.07, 6.45) is 2.45. The largest absolute Gasteiger partial charge is 0.302 e. The Balaban J connectivity index is 1.89. The smallest absolute Gasteiger partial charge is 0.218 e. The lowest BCUT2D eigenvalue weighted by Crippen LogP contribution is -2.35. The van der Waals surface area contributed by atoms with Crippen LogP contribution in [-0.2, 0) is 15.8 Å². The molecule has 1 saturated heterocycles. The lowest BCUT2D eigenvalue weighted by Gasteiger charge is -2.21. The number of nitrogens with zero attached hydrogens (tertiary/aromatic N) is 2. The summed E-state index contributed by atoms with van der Waals surface area (Å²) in [7, 11) is -1.60. The zero-order chi connectivity index (χ0) is 14.6. The molecule has 2 rings (SSSR count). The lowest BCUT2D eigenvalue weighted by molar-refractivity contribution is 0.310. The molecule has 4 nitrogen and oxygen atoms in total. The van der Waals surface area contributed by atoms with Gasteiger partial charge in [-0.3, -0.25) is 0 Å².